The van der Waals surface area contributed by atoms with E-state index < -0.39 is 0 Å². The highest BCUT2D eigenvalue weighted by Crippen LogP contribution is 2.17. The Morgan fingerprint density at radius 3 is 2.48 bits per heavy atom. The second-order valence-corrected chi connectivity index (χ2v) is 6.85. The number of guanidine groups is 1. The van der Waals surface area contributed by atoms with Crippen LogP contribution in [0.1, 0.15) is 21.1 Å². The van der Waals surface area contributed by atoms with Gasteiger partial charge in [-0.05, 0) is 31.5 Å². The number of nitrogens with zero attached hydrogens (tertiary/aromatic N) is 3. The first-order chi connectivity index (χ1) is 10.5. The Bertz CT molecular complexity index is 655. The molecule has 0 unspecified atom stereocenters. The largest absolute Gasteiger partial charge is 0.351 e. The fourth-order valence-electron chi connectivity index (χ4n) is 2.22. The number of halogens is 2. The molecular weight excluding hydrogens is 443 g/mol. The van der Waals surface area contributed by atoms with Crippen molar-refractivity contribution in [2.24, 2.45) is 4.99 Å². The van der Waals surface area contributed by atoms with Gasteiger partial charge in [0, 0.05) is 30.5 Å². The third-order valence-electron chi connectivity index (χ3n) is 3.31. The third-order valence-corrected chi connectivity index (χ3v) is 4.64. The Hall–Kier alpha value is -0.860. The first-order valence-electron chi connectivity index (χ1n) is 7.08. The normalized spacial score (nSPS) is 11.1. The number of rotatable bonds is 4. The molecule has 126 valence electrons. The van der Waals surface area contributed by atoms with E-state index in [1.54, 1.807) is 18.4 Å². The fourth-order valence-corrected chi connectivity index (χ4v) is 3.22. The van der Waals surface area contributed by atoms with Gasteiger partial charge in [-0.1, -0.05) is 23.7 Å². The molecule has 0 atom stereocenters. The zero-order valence-corrected chi connectivity index (χ0v) is 17.7. The van der Waals surface area contributed by atoms with Crippen molar-refractivity contribution in [1.82, 2.24) is 15.2 Å². The summed E-state index contributed by atoms with van der Waals surface area (Å²) in [6.07, 6.45) is 0. The van der Waals surface area contributed by atoms with E-state index in [1.165, 1.54) is 10.4 Å². The highest BCUT2D eigenvalue weighted by atomic mass is 127. The van der Waals surface area contributed by atoms with Crippen LogP contribution in [-0.2, 0) is 13.1 Å². The van der Waals surface area contributed by atoms with Crippen molar-refractivity contribution in [3.63, 3.8) is 0 Å². The SMILES string of the molecule is CN=C(NCc1sc(C)nc1C)N(C)Cc1ccc(Cl)cc1.I. The maximum absolute atomic E-state index is 5.92. The molecule has 0 aliphatic heterocycles. The summed E-state index contributed by atoms with van der Waals surface area (Å²) in [7, 11) is 3.82. The van der Waals surface area contributed by atoms with E-state index >= 15 is 0 Å². The Labute approximate surface area is 164 Å². The Morgan fingerprint density at radius 2 is 1.96 bits per heavy atom. The van der Waals surface area contributed by atoms with Crippen molar-refractivity contribution in [2.75, 3.05) is 14.1 Å². The molecule has 2 aromatic rings. The van der Waals surface area contributed by atoms with Gasteiger partial charge in [-0.2, -0.15) is 0 Å². The standard InChI is InChI=1S/C16H21ClN4S.HI/c1-11-15(22-12(2)20-11)9-19-16(18-3)21(4)10-13-5-7-14(17)8-6-13;/h5-8H,9-10H2,1-4H3,(H,18,19);1H. The Morgan fingerprint density at radius 1 is 1.30 bits per heavy atom. The molecule has 0 saturated heterocycles. The summed E-state index contributed by atoms with van der Waals surface area (Å²) in [5.74, 6) is 0.861. The van der Waals surface area contributed by atoms with E-state index in [0.29, 0.717) is 0 Å². The van der Waals surface area contributed by atoms with Crippen molar-refractivity contribution in [3.8, 4) is 0 Å². The van der Waals surface area contributed by atoms with Crippen LogP contribution in [0.15, 0.2) is 29.3 Å². The lowest BCUT2D eigenvalue weighted by Crippen LogP contribution is -2.38. The third kappa shape index (κ3) is 5.93. The number of hydrogen-bond donors (Lipinski definition) is 1. The molecule has 7 heteroatoms. The topological polar surface area (TPSA) is 40.5 Å². The summed E-state index contributed by atoms with van der Waals surface area (Å²) in [6, 6.07) is 7.88. The molecule has 1 aromatic carbocycles. The second-order valence-electron chi connectivity index (χ2n) is 5.12. The number of benzene rings is 1. The molecule has 0 bridgehead atoms. The number of hydrogen-bond acceptors (Lipinski definition) is 3. The summed E-state index contributed by atoms with van der Waals surface area (Å²) in [5.41, 5.74) is 2.28. The molecule has 0 aliphatic carbocycles. The average molecular weight is 465 g/mol. The number of aryl methyl sites for hydroxylation is 2. The Kier molecular flexibility index (Phi) is 8.28. The summed E-state index contributed by atoms with van der Waals surface area (Å²) in [4.78, 5) is 12.1. The van der Waals surface area contributed by atoms with E-state index in [4.69, 9.17) is 11.6 Å². The molecule has 0 spiro atoms. The second kappa shape index (κ2) is 9.44. The molecular formula is C16H22ClIN4S. The maximum Gasteiger partial charge on any atom is 0.193 e. The van der Waals surface area contributed by atoms with Crippen molar-refractivity contribution in [2.45, 2.75) is 26.9 Å². The van der Waals surface area contributed by atoms with Crippen molar-refractivity contribution >= 4 is 52.9 Å². The van der Waals surface area contributed by atoms with Gasteiger partial charge >= 0.3 is 0 Å². The van der Waals surface area contributed by atoms with Crippen molar-refractivity contribution in [1.29, 1.82) is 0 Å². The highest BCUT2D eigenvalue weighted by Gasteiger charge is 2.09. The quantitative estimate of drug-likeness (QED) is 0.418. The molecule has 2 rings (SSSR count). The molecule has 1 heterocycles. The predicted molar refractivity (Wildman–Crippen MR) is 110 cm³/mol. The molecule has 0 amide bonds. The Balaban J connectivity index is 0.00000264. The molecule has 0 saturated carbocycles. The first kappa shape index (κ1) is 20.2. The molecule has 0 fully saturated rings. The minimum atomic E-state index is 0. The molecule has 0 radical (unpaired) electrons. The number of thiazole rings is 1. The number of aliphatic imine (C=N–C) groups is 1. The van der Waals surface area contributed by atoms with Crippen LogP contribution in [0.25, 0.3) is 0 Å². The summed E-state index contributed by atoms with van der Waals surface area (Å²) >= 11 is 7.64. The molecule has 1 aromatic heterocycles. The van der Waals surface area contributed by atoms with Crippen molar-refractivity contribution < 1.29 is 0 Å². The predicted octanol–water partition coefficient (Wildman–Crippen LogP) is 4.24. The van der Waals surface area contributed by atoms with E-state index in [1.807, 2.05) is 45.2 Å². The average Bonchev–Trinajstić information content (AvgIpc) is 2.80. The van der Waals surface area contributed by atoms with Gasteiger partial charge in [0.15, 0.2) is 5.96 Å². The summed E-state index contributed by atoms with van der Waals surface area (Å²) in [5, 5.41) is 5.24. The van der Waals surface area contributed by atoms with Crippen LogP contribution < -0.4 is 5.32 Å². The van der Waals surface area contributed by atoms with Gasteiger partial charge in [0.25, 0.3) is 0 Å². The lowest BCUT2D eigenvalue weighted by atomic mass is 10.2. The van der Waals surface area contributed by atoms with Gasteiger partial charge in [0.05, 0.1) is 17.2 Å². The van der Waals surface area contributed by atoms with Crippen LogP contribution in [0.2, 0.25) is 5.02 Å². The van der Waals surface area contributed by atoms with Gasteiger partial charge in [0.2, 0.25) is 0 Å². The van der Waals surface area contributed by atoms with Gasteiger partial charge in [-0.25, -0.2) is 4.98 Å². The first-order valence-corrected chi connectivity index (χ1v) is 8.28. The summed E-state index contributed by atoms with van der Waals surface area (Å²) in [6.45, 7) is 5.59. The monoisotopic (exact) mass is 464 g/mol. The lowest BCUT2D eigenvalue weighted by Gasteiger charge is -2.22. The minimum Gasteiger partial charge on any atom is -0.351 e. The van der Waals surface area contributed by atoms with Crippen molar-refractivity contribution in [3.05, 3.63) is 50.4 Å². The van der Waals surface area contributed by atoms with Crippen LogP contribution in [0.3, 0.4) is 0 Å². The van der Waals surface area contributed by atoms with Gasteiger partial charge < -0.3 is 10.2 Å². The summed E-state index contributed by atoms with van der Waals surface area (Å²) < 4.78 is 0. The molecule has 23 heavy (non-hydrogen) atoms. The zero-order valence-electron chi connectivity index (χ0n) is 13.8. The smallest absolute Gasteiger partial charge is 0.193 e. The van der Waals surface area contributed by atoms with Gasteiger partial charge in [0.1, 0.15) is 0 Å². The van der Waals surface area contributed by atoms with Gasteiger partial charge in [-0.3, -0.25) is 4.99 Å². The van der Waals surface area contributed by atoms with Crippen LogP contribution in [0, 0.1) is 13.8 Å². The van der Waals surface area contributed by atoms with Gasteiger partial charge in [-0.15, -0.1) is 35.3 Å². The number of aromatic nitrogens is 1. The van der Waals surface area contributed by atoms with Crippen LogP contribution in [-0.4, -0.2) is 29.9 Å². The maximum atomic E-state index is 5.92. The van der Waals surface area contributed by atoms with E-state index in [0.717, 1.165) is 34.8 Å². The number of nitrogens with one attached hydrogen (secondary N) is 1. The van der Waals surface area contributed by atoms with E-state index in [2.05, 4.69) is 20.2 Å². The fraction of sp³-hybridized carbons (Fsp3) is 0.375. The lowest BCUT2D eigenvalue weighted by molar-refractivity contribution is 0.477. The molecule has 4 nitrogen and oxygen atoms in total. The minimum absolute atomic E-state index is 0. The highest BCUT2D eigenvalue weighted by molar-refractivity contribution is 14.0. The van der Waals surface area contributed by atoms with Crippen LogP contribution in [0.5, 0.6) is 0 Å². The molecule has 1 N–H and O–H groups in total. The zero-order chi connectivity index (χ0) is 16.1. The van der Waals surface area contributed by atoms with E-state index in [9.17, 15) is 0 Å². The molecule has 0 aliphatic rings. The van der Waals surface area contributed by atoms with E-state index in [-0.39, 0.29) is 24.0 Å². The van der Waals surface area contributed by atoms with Crippen LogP contribution in [0.4, 0.5) is 0 Å². The van der Waals surface area contributed by atoms with Crippen LogP contribution >= 0.6 is 46.9 Å².